The molecule has 0 aliphatic carbocycles. The van der Waals surface area contributed by atoms with Crippen molar-refractivity contribution in [1.82, 2.24) is 10.3 Å². The lowest BCUT2D eigenvalue weighted by Gasteiger charge is -2.26. The maximum atomic E-state index is 13.6. The van der Waals surface area contributed by atoms with Gasteiger partial charge in [-0.1, -0.05) is 6.07 Å². The van der Waals surface area contributed by atoms with Gasteiger partial charge in [0.2, 0.25) is 0 Å². The highest BCUT2D eigenvalue weighted by Crippen LogP contribution is 2.44. The summed E-state index contributed by atoms with van der Waals surface area (Å²) in [7, 11) is 1.44. The highest BCUT2D eigenvalue weighted by molar-refractivity contribution is 7.80. The second-order valence-electron chi connectivity index (χ2n) is 7.82. The second-order valence-corrected chi connectivity index (χ2v) is 8.20. The van der Waals surface area contributed by atoms with Crippen LogP contribution in [0.3, 0.4) is 0 Å². The standard InChI is InChI=1S/C25H19FN4O4S/c1-33-22-14-17(30(31)32)9-10-18(22)20-11-12-21(34-20)24-23(19-4-2-3-13-27-19)28-25(35)29(24)16-7-5-15(26)6-8-16/h2-14,23-24H,1H3,(H,28,35)/t23-,24+/m0/s1. The van der Waals surface area contributed by atoms with Crippen LogP contribution in [0, 0.1) is 15.9 Å². The molecule has 1 saturated heterocycles. The molecule has 10 heteroatoms. The van der Waals surface area contributed by atoms with Crippen LogP contribution in [0.15, 0.2) is 83.4 Å². The number of nitrogens with one attached hydrogen (secondary N) is 1. The molecule has 1 N–H and O–H groups in total. The number of benzene rings is 2. The van der Waals surface area contributed by atoms with Crippen LogP contribution in [0.1, 0.15) is 23.5 Å². The van der Waals surface area contributed by atoms with Crippen molar-refractivity contribution in [2.24, 2.45) is 0 Å². The van der Waals surface area contributed by atoms with Crippen LogP contribution >= 0.6 is 12.2 Å². The van der Waals surface area contributed by atoms with Crippen LogP contribution in [-0.4, -0.2) is 22.1 Å². The molecular formula is C25H19FN4O4S. The van der Waals surface area contributed by atoms with E-state index >= 15 is 0 Å². The molecule has 35 heavy (non-hydrogen) atoms. The third-order valence-corrected chi connectivity index (χ3v) is 6.10. The Labute approximate surface area is 205 Å². The van der Waals surface area contributed by atoms with Gasteiger partial charge in [-0.3, -0.25) is 15.1 Å². The van der Waals surface area contributed by atoms with Crippen molar-refractivity contribution in [3.8, 4) is 17.1 Å². The smallest absolute Gasteiger partial charge is 0.273 e. The fourth-order valence-corrected chi connectivity index (χ4v) is 4.52. The molecule has 2 aromatic heterocycles. The average Bonchev–Trinajstić information content (AvgIpc) is 3.49. The number of rotatable bonds is 6. The first-order chi connectivity index (χ1) is 17.0. The molecule has 2 atom stereocenters. The molecule has 176 valence electrons. The lowest BCUT2D eigenvalue weighted by molar-refractivity contribution is -0.384. The zero-order valence-electron chi connectivity index (χ0n) is 18.4. The predicted molar refractivity (Wildman–Crippen MR) is 132 cm³/mol. The number of nitro benzene ring substituents is 1. The minimum Gasteiger partial charge on any atom is -0.496 e. The van der Waals surface area contributed by atoms with E-state index in [4.69, 9.17) is 21.4 Å². The van der Waals surface area contributed by atoms with Crippen LogP contribution in [0.2, 0.25) is 0 Å². The molecule has 4 aromatic rings. The van der Waals surface area contributed by atoms with Gasteiger partial charge in [-0.15, -0.1) is 0 Å². The Morgan fingerprint density at radius 2 is 1.94 bits per heavy atom. The first kappa shape index (κ1) is 22.5. The number of halogens is 1. The maximum Gasteiger partial charge on any atom is 0.273 e. The van der Waals surface area contributed by atoms with Gasteiger partial charge in [-0.25, -0.2) is 4.39 Å². The van der Waals surface area contributed by atoms with Crippen molar-refractivity contribution < 1.29 is 18.5 Å². The number of nitro groups is 1. The lowest BCUT2D eigenvalue weighted by Crippen LogP contribution is -2.29. The van der Waals surface area contributed by atoms with Gasteiger partial charge in [-0.2, -0.15) is 0 Å². The summed E-state index contributed by atoms with van der Waals surface area (Å²) in [6.07, 6.45) is 1.70. The molecule has 8 nitrogen and oxygen atoms in total. The van der Waals surface area contributed by atoms with Crippen molar-refractivity contribution in [3.05, 3.63) is 106 Å². The Morgan fingerprint density at radius 1 is 1.14 bits per heavy atom. The summed E-state index contributed by atoms with van der Waals surface area (Å²) < 4.78 is 25.3. The molecule has 0 unspecified atom stereocenters. The number of anilines is 1. The number of hydrogen-bond donors (Lipinski definition) is 1. The third kappa shape index (κ3) is 4.19. The normalized spacial score (nSPS) is 17.3. The Kier molecular flexibility index (Phi) is 5.87. The molecule has 5 rings (SSSR count). The molecule has 3 heterocycles. The van der Waals surface area contributed by atoms with Crippen molar-refractivity contribution in [3.63, 3.8) is 0 Å². The fourth-order valence-electron chi connectivity index (χ4n) is 4.18. The molecule has 1 aliphatic heterocycles. The molecule has 2 aromatic carbocycles. The first-order valence-electron chi connectivity index (χ1n) is 10.6. The number of aromatic nitrogens is 1. The van der Waals surface area contributed by atoms with E-state index < -0.39 is 11.0 Å². The van der Waals surface area contributed by atoms with Gasteiger partial charge in [0.05, 0.1) is 35.4 Å². The van der Waals surface area contributed by atoms with E-state index in [0.717, 1.165) is 5.69 Å². The average molecular weight is 491 g/mol. The number of ether oxygens (including phenoxy) is 1. The number of nitrogens with zero attached hydrogens (tertiary/aromatic N) is 3. The third-order valence-electron chi connectivity index (χ3n) is 5.78. The Morgan fingerprint density at radius 3 is 2.63 bits per heavy atom. The van der Waals surface area contributed by atoms with Crippen LogP contribution in [0.4, 0.5) is 15.8 Å². The summed E-state index contributed by atoms with van der Waals surface area (Å²) in [6.45, 7) is 0. The van der Waals surface area contributed by atoms with Crippen molar-refractivity contribution in [2.45, 2.75) is 12.1 Å². The van der Waals surface area contributed by atoms with Gasteiger partial charge in [0.25, 0.3) is 5.69 Å². The number of thiocarbonyl (C=S) groups is 1. The van der Waals surface area contributed by atoms with Gasteiger partial charge in [0.1, 0.15) is 29.1 Å². The molecule has 1 aliphatic rings. The summed E-state index contributed by atoms with van der Waals surface area (Å²) in [6, 6.07) is 18.8. The van der Waals surface area contributed by atoms with E-state index in [1.807, 2.05) is 29.2 Å². The molecule has 0 spiro atoms. The van der Waals surface area contributed by atoms with E-state index in [9.17, 15) is 14.5 Å². The summed E-state index contributed by atoms with van der Waals surface area (Å²) in [5, 5.41) is 14.9. The zero-order chi connectivity index (χ0) is 24.5. The molecule has 1 fully saturated rings. The van der Waals surface area contributed by atoms with Crippen molar-refractivity contribution in [1.29, 1.82) is 0 Å². The Balaban J connectivity index is 1.59. The molecule has 0 amide bonds. The zero-order valence-corrected chi connectivity index (χ0v) is 19.2. The maximum absolute atomic E-state index is 13.6. The van der Waals surface area contributed by atoms with E-state index in [0.29, 0.717) is 33.6 Å². The first-order valence-corrected chi connectivity index (χ1v) is 11.1. The van der Waals surface area contributed by atoms with Crippen LogP contribution in [-0.2, 0) is 0 Å². The number of methoxy groups -OCH3 is 1. The van der Waals surface area contributed by atoms with Crippen LogP contribution in [0.5, 0.6) is 5.75 Å². The number of non-ortho nitro benzene ring substituents is 1. The van der Waals surface area contributed by atoms with Gasteiger partial charge >= 0.3 is 0 Å². The SMILES string of the molecule is COc1cc([N+](=O)[O-])ccc1-c1ccc([C@@H]2[C@H](c3ccccn3)NC(=S)N2c2ccc(F)cc2)o1. The van der Waals surface area contributed by atoms with Gasteiger partial charge in [-0.05, 0) is 66.8 Å². The monoisotopic (exact) mass is 490 g/mol. The van der Waals surface area contributed by atoms with Gasteiger partial charge < -0.3 is 19.4 Å². The van der Waals surface area contributed by atoms with Crippen LogP contribution in [0.25, 0.3) is 11.3 Å². The predicted octanol–water partition coefficient (Wildman–Crippen LogP) is 5.57. The topological polar surface area (TPSA) is 93.7 Å². The number of pyridine rings is 1. The molecule has 0 bridgehead atoms. The highest BCUT2D eigenvalue weighted by atomic mass is 32.1. The Hall–Kier alpha value is -4.31. The van der Waals surface area contributed by atoms with E-state index in [1.165, 1.54) is 31.4 Å². The van der Waals surface area contributed by atoms with Crippen molar-refractivity contribution in [2.75, 3.05) is 12.0 Å². The minimum atomic E-state index is -0.483. The van der Waals surface area contributed by atoms with Gasteiger partial charge in [0.15, 0.2) is 5.11 Å². The molecule has 0 radical (unpaired) electrons. The van der Waals surface area contributed by atoms with E-state index in [2.05, 4.69) is 10.3 Å². The summed E-state index contributed by atoms with van der Waals surface area (Å²) in [5.74, 6) is 1.02. The quantitative estimate of drug-likeness (QED) is 0.213. The van der Waals surface area contributed by atoms with Gasteiger partial charge in [0, 0.05) is 18.0 Å². The lowest BCUT2D eigenvalue weighted by atomic mass is 10.0. The Bertz CT molecular complexity index is 1390. The summed E-state index contributed by atoms with van der Waals surface area (Å²) >= 11 is 5.66. The summed E-state index contributed by atoms with van der Waals surface area (Å²) in [4.78, 5) is 17.0. The number of furan rings is 1. The molecule has 0 saturated carbocycles. The second kappa shape index (κ2) is 9.15. The number of hydrogen-bond acceptors (Lipinski definition) is 6. The largest absolute Gasteiger partial charge is 0.496 e. The van der Waals surface area contributed by atoms with Crippen LogP contribution < -0.4 is 15.0 Å². The molecular weight excluding hydrogens is 471 g/mol. The minimum absolute atomic E-state index is 0.0829. The van der Waals surface area contributed by atoms with E-state index in [1.54, 1.807) is 30.5 Å². The van der Waals surface area contributed by atoms with E-state index in [-0.39, 0.29) is 17.5 Å². The summed E-state index contributed by atoms with van der Waals surface area (Å²) in [5.41, 5.74) is 1.94. The highest BCUT2D eigenvalue weighted by Gasteiger charge is 2.42. The fraction of sp³-hybridized carbons (Fsp3) is 0.120. The van der Waals surface area contributed by atoms with Crippen molar-refractivity contribution >= 4 is 28.7 Å².